The molecule has 1 aliphatic carbocycles. The normalized spacial score (nSPS) is 17.9. The molecule has 2 N–H and O–H groups in total. The summed E-state index contributed by atoms with van der Waals surface area (Å²) in [6.45, 7) is 0.869. The summed E-state index contributed by atoms with van der Waals surface area (Å²) in [6.07, 6.45) is 4.18. The second-order valence-corrected chi connectivity index (χ2v) is 7.39. The standard InChI is InChI=1S/C20H20N2O4S/c27-19(21-11-13-3-5-15-17(9-13)24-12-23-15)22-14-4-6-16-18(10-14)26-20(25-16)7-1-2-8-20/h3-6,9-10H,1-2,7-8,11-12H2,(H2,21,22,27). The summed E-state index contributed by atoms with van der Waals surface area (Å²) in [5.41, 5.74) is 1.94. The number of ether oxygens (including phenoxy) is 4. The predicted octanol–water partition coefficient (Wildman–Crippen LogP) is 3.94. The minimum atomic E-state index is -0.445. The quantitative estimate of drug-likeness (QED) is 0.777. The summed E-state index contributed by atoms with van der Waals surface area (Å²) in [6, 6.07) is 11.7. The maximum atomic E-state index is 6.10. The molecule has 0 aromatic heterocycles. The van der Waals surface area contributed by atoms with E-state index in [4.69, 9.17) is 31.2 Å². The SMILES string of the molecule is S=C(NCc1ccc2c(c1)OCO2)Nc1ccc2c(c1)OC1(CCCC1)O2. The Hall–Kier alpha value is -2.67. The van der Waals surface area contributed by atoms with E-state index in [9.17, 15) is 0 Å². The molecule has 5 rings (SSSR count). The van der Waals surface area contributed by atoms with Gasteiger partial charge in [-0.2, -0.15) is 0 Å². The average molecular weight is 384 g/mol. The van der Waals surface area contributed by atoms with E-state index >= 15 is 0 Å². The van der Waals surface area contributed by atoms with Crippen molar-refractivity contribution in [3.05, 3.63) is 42.0 Å². The molecule has 0 atom stereocenters. The first-order chi connectivity index (χ1) is 13.2. The van der Waals surface area contributed by atoms with E-state index in [0.29, 0.717) is 11.7 Å². The highest BCUT2D eigenvalue weighted by atomic mass is 32.1. The zero-order valence-electron chi connectivity index (χ0n) is 14.7. The number of rotatable bonds is 3. The molecule has 0 amide bonds. The number of nitrogens with one attached hydrogen (secondary N) is 2. The van der Waals surface area contributed by atoms with E-state index in [-0.39, 0.29) is 6.79 Å². The summed E-state index contributed by atoms with van der Waals surface area (Å²) in [5, 5.41) is 6.95. The molecule has 0 bridgehead atoms. The first-order valence-corrected chi connectivity index (χ1v) is 9.55. The van der Waals surface area contributed by atoms with Gasteiger partial charge in [-0.1, -0.05) is 6.07 Å². The van der Waals surface area contributed by atoms with Gasteiger partial charge in [0.2, 0.25) is 6.79 Å². The van der Waals surface area contributed by atoms with Crippen LogP contribution in [0.4, 0.5) is 5.69 Å². The Labute approximate surface area is 162 Å². The lowest BCUT2D eigenvalue weighted by Crippen LogP contribution is -2.34. The number of hydrogen-bond donors (Lipinski definition) is 2. The maximum absolute atomic E-state index is 6.10. The van der Waals surface area contributed by atoms with Crippen LogP contribution in [0.3, 0.4) is 0 Å². The number of anilines is 1. The predicted molar refractivity (Wildman–Crippen MR) is 105 cm³/mol. The van der Waals surface area contributed by atoms with Gasteiger partial charge < -0.3 is 29.6 Å². The van der Waals surface area contributed by atoms with E-state index in [1.54, 1.807) is 0 Å². The second kappa shape index (κ2) is 6.49. The molecule has 27 heavy (non-hydrogen) atoms. The van der Waals surface area contributed by atoms with Crippen molar-refractivity contribution in [1.82, 2.24) is 5.32 Å². The Kier molecular flexibility index (Phi) is 3.97. The lowest BCUT2D eigenvalue weighted by atomic mass is 10.2. The minimum absolute atomic E-state index is 0.275. The first kappa shape index (κ1) is 16.5. The van der Waals surface area contributed by atoms with Crippen LogP contribution in [0.1, 0.15) is 31.2 Å². The van der Waals surface area contributed by atoms with Crippen LogP contribution in [0.25, 0.3) is 0 Å². The number of fused-ring (bicyclic) bond motifs is 2. The fourth-order valence-electron chi connectivity index (χ4n) is 3.70. The van der Waals surface area contributed by atoms with E-state index < -0.39 is 5.79 Å². The fraction of sp³-hybridized carbons (Fsp3) is 0.350. The Morgan fingerprint density at radius 3 is 2.59 bits per heavy atom. The molecule has 2 aromatic carbocycles. The van der Waals surface area contributed by atoms with Gasteiger partial charge in [-0.25, -0.2) is 0 Å². The van der Waals surface area contributed by atoms with Gasteiger partial charge in [0.15, 0.2) is 28.1 Å². The van der Waals surface area contributed by atoms with Crippen molar-refractivity contribution in [2.45, 2.75) is 38.0 Å². The molecule has 0 saturated heterocycles. The highest BCUT2D eigenvalue weighted by Crippen LogP contribution is 2.47. The molecule has 2 heterocycles. The smallest absolute Gasteiger partial charge is 0.251 e. The molecule has 7 heteroatoms. The van der Waals surface area contributed by atoms with Crippen LogP contribution in [0, 0.1) is 0 Å². The Morgan fingerprint density at radius 2 is 1.70 bits per heavy atom. The van der Waals surface area contributed by atoms with Crippen molar-refractivity contribution in [3.63, 3.8) is 0 Å². The van der Waals surface area contributed by atoms with E-state index in [0.717, 1.165) is 59.9 Å². The van der Waals surface area contributed by atoms with E-state index in [1.165, 1.54) is 0 Å². The molecule has 1 saturated carbocycles. The number of hydrogen-bond acceptors (Lipinski definition) is 5. The molecular weight excluding hydrogens is 364 g/mol. The lowest BCUT2D eigenvalue weighted by molar-refractivity contribution is -0.0716. The van der Waals surface area contributed by atoms with Gasteiger partial charge in [0, 0.05) is 31.1 Å². The van der Waals surface area contributed by atoms with Gasteiger partial charge >= 0.3 is 0 Å². The van der Waals surface area contributed by atoms with E-state index in [2.05, 4.69) is 10.6 Å². The molecule has 2 aliphatic heterocycles. The van der Waals surface area contributed by atoms with Crippen molar-refractivity contribution in [2.75, 3.05) is 12.1 Å². The zero-order chi connectivity index (χ0) is 18.3. The van der Waals surface area contributed by atoms with Gasteiger partial charge in [0.1, 0.15) is 0 Å². The third-order valence-electron chi connectivity index (χ3n) is 5.05. The molecule has 0 unspecified atom stereocenters. The Morgan fingerprint density at radius 1 is 0.926 bits per heavy atom. The van der Waals surface area contributed by atoms with Crippen molar-refractivity contribution in [3.8, 4) is 23.0 Å². The van der Waals surface area contributed by atoms with Gasteiger partial charge in [-0.05, 0) is 54.9 Å². The molecule has 0 radical (unpaired) electrons. The molecule has 1 spiro atoms. The van der Waals surface area contributed by atoms with Crippen molar-refractivity contribution < 1.29 is 18.9 Å². The number of benzene rings is 2. The summed E-state index contributed by atoms with van der Waals surface area (Å²) >= 11 is 5.41. The minimum Gasteiger partial charge on any atom is -0.454 e. The summed E-state index contributed by atoms with van der Waals surface area (Å²) in [7, 11) is 0. The second-order valence-electron chi connectivity index (χ2n) is 6.98. The molecule has 6 nitrogen and oxygen atoms in total. The average Bonchev–Trinajstić information content (AvgIpc) is 3.39. The molecule has 3 aliphatic rings. The van der Waals surface area contributed by atoms with Crippen LogP contribution in [0.2, 0.25) is 0 Å². The third-order valence-corrected chi connectivity index (χ3v) is 5.30. The fourth-order valence-corrected chi connectivity index (χ4v) is 3.89. The molecule has 1 fully saturated rings. The summed E-state index contributed by atoms with van der Waals surface area (Å²) in [5.74, 6) is 2.69. The van der Waals surface area contributed by atoms with E-state index in [1.807, 2.05) is 36.4 Å². The van der Waals surface area contributed by atoms with Crippen molar-refractivity contribution >= 4 is 23.0 Å². The van der Waals surface area contributed by atoms with Crippen LogP contribution in [0.15, 0.2) is 36.4 Å². The molecule has 2 aromatic rings. The number of thiocarbonyl (C=S) groups is 1. The summed E-state index contributed by atoms with van der Waals surface area (Å²) < 4.78 is 22.9. The molecular formula is C20H20N2O4S. The maximum Gasteiger partial charge on any atom is 0.251 e. The topological polar surface area (TPSA) is 61.0 Å². The van der Waals surface area contributed by atoms with Crippen LogP contribution < -0.4 is 29.6 Å². The zero-order valence-corrected chi connectivity index (χ0v) is 15.6. The van der Waals surface area contributed by atoms with Gasteiger partial charge in [0.25, 0.3) is 5.79 Å². The first-order valence-electron chi connectivity index (χ1n) is 9.15. The van der Waals surface area contributed by atoms with Crippen molar-refractivity contribution in [2.24, 2.45) is 0 Å². The van der Waals surface area contributed by atoms with Gasteiger partial charge in [0.05, 0.1) is 0 Å². The van der Waals surface area contributed by atoms with Crippen LogP contribution in [-0.2, 0) is 6.54 Å². The summed E-state index contributed by atoms with van der Waals surface area (Å²) in [4.78, 5) is 0. The highest BCUT2D eigenvalue weighted by molar-refractivity contribution is 7.80. The molecule has 140 valence electrons. The highest BCUT2D eigenvalue weighted by Gasteiger charge is 2.44. The monoisotopic (exact) mass is 384 g/mol. The van der Waals surface area contributed by atoms with Gasteiger partial charge in [-0.3, -0.25) is 0 Å². The third kappa shape index (κ3) is 3.23. The van der Waals surface area contributed by atoms with Crippen LogP contribution in [-0.4, -0.2) is 17.7 Å². The largest absolute Gasteiger partial charge is 0.454 e. The lowest BCUT2D eigenvalue weighted by Gasteiger charge is -2.21. The van der Waals surface area contributed by atoms with Crippen molar-refractivity contribution in [1.29, 1.82) is 0 Å². The van der Waals surface area contributed by atoms with Crippen LogP contribution in [0.5, 0.6) is 23.0 Å². The Balaban J connectivity index is 1.19. The van der Waals surface area contributed by atoms with Gasteiger partial charge in [-0.15, -0.1) is 0 Å². The Bertz CT molecular complexity index is 896. The van der Waals surface area contributed by atoms with Crippen LogP contribution >= 0.6 is 12.2 Å².